The molecule has 0 aliphatic carbocycles. The summed E-state index contributed by atoms with van der Waals surface area (Å²) in [6.07, 6.45) is 25.9. The zero-order chi connectivity index (χ0) is 42.6. The largest absolute Gasteiger partial charge is 0.472 e. The van der Waals surface area contributed by atoms with E-state index < -0.39 is 76.7 Å². The predicted molar refractivity (Wildman–Crippen MR) is 223 cm³/mol. The number of aliphatic hydroxyl groups excluding tert-OH is 5. The minimum Gasteiger partial charge on any atom is -0.462 e. The lowest BCUT2D eigenvalue weighted by atomic mass is 9.99. The van der Waals surface area contributed by atoms with Crippen LogP contribution in [-0.4, -0.2) is 99.3 Å². The van der Waals surface area contributed by atoms with Gasteiger partial charge in [-0.2, -0.15) is 0 Å². The Morgan fingerprint density at radius 2 is 1.18 bits per heavy atom. The molecule has 0 radical (unpaired) electrons. The maximum Gasteiger partial charge on any atom is 0.472 e. The van der Waals surface area contributed by atoms with E-state index >= 15 is 0 Å². The zero-order valence-electron chi connectivity index (χ0n) is 35.0. The van der Waals surface area contributed by atoms with Crippen molar-refractivity contribution < 1.29 is 63.1 Å². The minimum absolute atomic E-state index is 0.0666. The van der Waals surface area contributed by atoms with E-state index in [0.29, 0.717) is 6.42 Å². The molecule has 14 heteroatoms. The molecule has 0 rings (SSSR count). The van der Waals surface area contributed by atoms with Gasteiger partial charge in [0, 0.05) is 12.8 Å². The van der Waals surface area contributed by atoms with Crippen LogP contribution >= 0.6 is 7.82 Å². The van der Waals surface area contributed by atoms with Crippen LogP contribution in [0, 0.1) is 5.92 Å². The van der Waals surface area contributed by atoms with Crippen LogP contribution in [0.15, 0.2) is 48.6 Å². The number of allylic oxidation sites excluding steroid dienone is 6. The van der Waals surface area contributed by atoms with E-state index in [0.717, 1.165) is 50.9 Å². The first-order valence-electron chi connectivity index (χ1n) is 21.3. The monoisotopic (exact) mass is 833 g/mol. The first-order chi connectivity index (χ1) is 27.3. The highest BCUT2D eigenvalue weighted by molar-refractivity contribution is 7.47. The molecule has 6 N–H and O–H groups in total. The average Bonchev–Trinajstić information content (AvgIpc) is 3.19. The SMILES string of the molecule is CCCCC[C@H](O)/C=C/C=C\C=C\C=C\[C@H](O)[C@@H](O)CCCC(=O)O[C@H](COC(=O)CCCCCCCCCCCCC(C)CC)COP(=O)(O)OC[C@@H](O)CO. The van der Waals surface area contributed by atoms with Crippen LogP contribution in [0.2, 0.25) is 0 Å². The van der Waals surface area contributed by atoms with Crippen LogP contribution in [-0.2, 0) is 32.7 Å². The van der Waals surface area contributed by atoms with Gasteiger partial charge in [0.2, 0.25) is 0 Å². The number of carbonyl (C=O) groups excluding carboxylic acids is 2. The van der Waals surface area contributed by atoms with Crippen LogP contribution in [0.5, 0.6) is 0 Å². The van der Waals surface area contributed by atoms with Crippen molar-refractivity contribution in [2.45, 2.75) is 180 Å². The van der Waals surface area contributed by atoms with E-state index in [1.807, 2.05) is 0 Å². The van der Waals surface area contributed by atoms with Gasteiger partial charge in [0.15, 0.2) is 6.10 Å². The number of aliphatic hydroxyl groups is 5. The topological polar surface area (TPSA) is 210 Å². The number of hydrogen-bond donors (Lipinski definition) is 6. The summed E-state index contributed by atoms with van der Waals surface area (Å²) in [5, 5.41) is 48.8. The number of carbonyl (C=O) groups is 2. The summed E-state index contributed by atoms with van der Waals surface area (Å²) in [5.41, 5.74) is 0. The fourth-order valence-electron chi connectivity index (χ4n) is 5.53. The molecule has 0 aliphatic heterocycles. The molecule has 7 atom stereocenters. The van der Waals surface area contributed by atoms with Crippen LogP contribution in [0.4, 0.5) is 0 Å². The summed E-state index contributed by atoms with van der Waals surface area (Å²) in [6, 6.07) is 0. The lowest BCUT2D eigenvalue weighted by molar-refractivity contribution is -0.161. The van der Waals surface area contributed by atoms with Gasteiger partial charge in [-0.25, -0.2) is 4.57 Å². The van der Waals surface area contributed by atoms with E-state index in [2.05, 4.69) is 25.3 Å². The quantitative estimate of drug-likeness (QED) is 0.0153. The Balaban J connectivity index is 4.67. The van der Waals surface area contributed by atoms with E-state index in [1.165, 1.54) is 57.4 Å². The van der Waals surface area contributed by atoms with Crippen molar-refractivity contribution in [1.82, 2.24) is 0 Å². The molecule has 0 aromatic rings. The summed E-state index contributed by atoms with van der Waals surface area (Å²) < 4.78 is 32.4. The number of phosphoric acid groups is 1. The van der Waals surface area contributed by atoms with Crippen molar-refractivity contribution in [3.8, 4) is 0 Å². The Kier molecular flexibility index (Phi) is 35.4. The molecule has 57 heavy (non-hydrogen) atoms. The molecule has 0 fully saturated rings. The Morgan fingerprint density at radius 1 is 0.632 bits per heavy atom. The van der Waals surface area contributed by atoms with Gasteiger partial charge in [-0.1, -0.05) is 159 Å². The van der Waals surface area contributed by atoms with Crippen molar-refractivity contribution in [3.05, 3.63) is 48.6 Å². The Morgan fingerprint density at radius 3 is 1.79 bits per heavy atom. The van der Waals surface area contributed by atoms with Gasteiger partial charge < -0.3 is 39.9 Å². The maximum absolute atomic E-state index is 12.6. The van der Waals surface area contributed by atoms with Crippen LogP contribution in [0.1, 0.15) is 149 Å². The molecule has 0 amide bonds. The first kappa shape index (κ1) is 54.8. The van der Waals surface area contributed by atoms with E-state index in [-0.39, 0.29) is 25.7 Å². The number of unbranched alkanes of at least 4 members (excludes halogenated alkanes) is 11. The number of ether oxygens (including phenoxy) is 2. The molecule has 0 spiro atoms. The standard InChI is InChI=1S/C43H77O13P/c1-4-6-19-26-37(45)27-21-16-13-14-17-22-28-40(47)41(48)29-24-31-43(50)56-39(35-55-57(51,52)54-33-38(46)32-44)34-53-42(49)30-23-18-12-10-8-7-9-11-15-20-25-36(3)5-2/h13-14,16-17,21-22,27-28,36-41,44-48H,4-12,15,18-20,23-26,29-35H2,1-3H3,(H,51,52)/b16-13-,17-14+,27-21+,28-22+/t36?,37-,38-,39+,40-,41-/m0/s1. The molecule has 13 nitrogen and oxygen atoms in total. The van der Waals surface area contributed by atoms with Crippen molar-refractivity contribution >= 4 is 19.8 Å². The van der Waals surface area contributed by atoms with Crippen molar-refractivity contribution in [2.24, 2.45) is 5.92 Å². The van der Waals surface area contributed by atoms with Crippen LogP contribution < -0.4 is 0 Å². The molecule has 0 aromatic heterocycles. The molecule has 332 valence electrons. The lowest BCUT2D eigenvalue weighted by Gasteiger charge is -2.20. The summed E-state index contributed by atoms with van der Waals surface area (Å²) in [4.78, 5) is 35.0. The second-order valence-corrected chi connectivity index (χ2v) is 16.3. The first-order valence-corrected chi connectivity index (χ1v) is 22.8. The minimum atomic E-state index is -4.71. The summed E-state index contributed by atoms with van der Waals surface area (Å²) in [7, 11) is -4.71. The third-order valence-corrected chi connectivity index (χ3v) is 10.3. The smallest absolute Gasteiger partial charge is 0.462 e. The Hall–Kier alpha value is -2.19. The second-order valence-electron chi connectivity index (χ2n) is 14.8. The van der Waals surface area contributed by atoms with Gasteiger partial charge in [0.1, 0.15) is 12.7 Å². The number of phosphoric ester groups is 1. The number of hydrogen-bond acceptors (Lipinski definition) is 12. The molecule has 0 saturated heterocycles. The summed E-state index contributed by atoms with van der Waals surface area (Å²) in [5.74, 6) is -0.437. The van der Waals surface area contributed by atoms with Gasteiger partial charge in [0.05, 0.1) is 38.1 Å². The summed E-state index contributed by atoms with van der Waals surface area (Å²) >= 11 is 0. The maximum atomic E-state index is 12.6. The third-order valence-electron chi connectivity index (χ3n) is 9.39. The molecular weight excluding hydrogens is 755 g/mol. The number of rotatable bonds is 38. The Labute approximate surface area is 342 Å². The second kappa shape index (κ2) is 36.9. The van der Waals surface area contributed by atoms with E-state index in [1.54, 1.807) is 42.5 Å². The van der Waals surface area contributed by atoms with Crippen LogP contribution in [0.25, 0.3) is 0 Å². The van der Waals surface area contributed by atoms with Gasteiger partial charge >= 0.3 is 19.8 Å². The van der Waals surface area contributed by atoms with E-state index in [9.17, 15) is 39.5 Å². The van der Waals surface area contributed by atoms with Gasteiger partial charge in [0.25, 0.3) is 0 Å². The van der Waals surface area contributed by atoms with Gasteiger partial charge in [-0.3, -0.25) is 18.6 Å². The summed E-state index contributed by atoms with van der Waals surface area (Å²) in [6.45, 7) is 4.19. The molecular formula is C43H77O13P. The molecule has 0 aliphatic rings. The van der Waals surface area contributed by atoms with Crippen LogP contribution in [0.3, 0.4) is 0 Å². The average molecular weight is 833 g/mol. The molecule has 0 aromatic carbocycles. The normalized spacial score (nSPS) is 16.6. The van der Waals surface area contributed by atoms with Crippen molar-refractivity contribution in [1.29, 1.82) is 0 Å². The van der Waals surface area contributed by atoms with Gasteiger partial charge in [-0.05, 0) is 31.6 Å². The van der Waals surface area contributed by atoms with Crippen molar-refractivity contribution in [3.63, 3.8) is 0 Å². The van der Waals surface area contributed by atoms with Crippen molar-refractivity contribution in [2.75, 3.05) is 26.4 Å². The predicted octanol–water partition coefficient (Wildman–Crippen LogP) is 7.71. The number of esters is 2. The molecule has 2 unspecified atom stereocenters. The highest BCUT2D eigenvalue weighted by Gasteiger charge is 2.27. The third kappa shape index (κ3) is 35.5. The van der Waals surface area contributed by atoms with Gasteiger partial charge in [-0.15, -0.1) is 0 Å². The lowest BCUT2D eigenvalue weighted by Crippen LogP contribution is -2.30. The van der Waals surface area contributed by atoms with E-state index in [4.69, 9.17) is 19.1 Å². The fourth-order valence-corrected chi connectivity index (χ4v) is 6.32. The Bertz CT molecular complexity index is 1160. The zero-order valence-corrected chi connectivity index (χ0v) is 35.9. The molecule has 0 saturated carbocycles. The molecule has 0 heterocycles. The molecule has 0 bridgehead atoms. The highest BCUT2D eigenvalue weighted by atomic mass is 31.2. The fraction of sp³-hybridized carbons (Fsp3) is 0.767. The highest BCUT2D eigenvalue weighted by Crippen LogP contribution is 2.43.